The number of amides is 2. The van der Waals surface area contributed by atoms with E-state index in [2.05, 4.69) is 55.4 Å². The van der Waals surface area contributed by atoms with E-state index >= 15 is 0 Å². The summed E-state index contributed by atoms with van der Waals surface area (Å²) in [6.07, 6.45) is 5.69. The fourth-order valence-electron chi connectivity index (χ4n) is 6.41. The van der Waals surface area contributed by atoms with Crippen molar-refractivity contribution in [3.05, 3.63) is 35.9 Å². The van der Waals surface area contributed by atoms with Crippen LogP contribution in [0.2, 0.25) is 0 Å². The van der Waals surface area contributed by atoms with Gasteiger partial charge in [0, 0.05) is 36.7 Å². The highest BCUT2D eigenvalue weighted by Crippen LogP contribution is 2.29. The molecule has 0 heterocycles. The fourth-order valence-corrected chi connectivity index (χ4v) is 7.47. The SMILES string of the molecule is CC(C)C[C@H](O)[C@H](O)[C@H](CC1CCCCC1)NC(=O)[C@H](C)CNC(=O)[C@@H](CSCCN(C(C)C)C(C)C)Cc1ccccc1. The molecule has 0 bridgehead atoms. The van der Waals surface area contributed by atoms with Gasteiger partial charge in [0.25, 0.3) is 0 Å². The molecule has 1 aromatic carbocycles. The van der Waals surface area contributed by atoms with Crippen LogP contribution >= 0.6 is 11.8 Å². The van der Waals surface area contributed by atoms with E-state index in [-0.39, 0.29) is 30.2 Å². The number of benzene rings is 1. The first-order valence-electron chi connectivity index (χ1n) is 17.2. The van der Waals surface area contributed by atoms with E-state index in [9.17, 15) is 19.8 Å². The summed E-state index contributed by atoms with van der Waals surface area (Å²) in [6.45, 7) is 16.0. The Balaban J connectivity index is 1.99. The maximum atomic E-state index is 13.5. The van der Waals surface area contributed by atoms with Gasteiger partial charge in [-0.2, -0.15) is 11.8 Å². The van der Waals surface area contributed by atoms with Crippen LogP contribution in [0.25, 0.3) is 0 Å². The zero-order valence-corrected chi connectivity index (χ0v) is 29.5. The predicted molar refractivity (Wildman–Crippen MR) is 185 cm³/mol. The van der Waals surface area contributed by atoms with E-state index in [1.807, 2.05) is 50.7 Å². The Hall–Kier alpha value is -1.61. The number of aliphatic hydroxyl groups excluding tert-OH is 2. The molecule has 0 radical (unpaired) electrons. The van der Waals surface area contributed by atoms with Crippen molar-refractivity contribution in [2.45, 2.75) is 130 Å². The maximum absolute atomic E-state index is 13.5. The van der Waals surface area contributed by atoms with E-state index in [4.69, 9.17) is 0 Å². The third kappa shape index (κ3) is 14.2. The van der Waals surface area contributed by atoms with Crippen LogP contribution in [0.5, 0.6) is 0 Å². The molecule has 0 spiro atoms. The number of nitrogens with one attached hydrogen (secondary N) is 2. The molecular weight excluding hydrogens is 570 g/mol. The number of hydrogen-bond donors (Lipinski definition) is 4. The molecule has 0 saturated heterocycles. The second kappa shape index (κ2) is 20.5. The highest BCUT2D eigenvalue weighted by Gasteiger charge is 2.32. The van der Waals surface area contributed by atoms with Crippen molar-refractivity contribution in [1.29, 1.82) is 0 Å². The monoisotopic (exact) mass is 633 g/mol. The summed E-state index contributed by atoms with van der Waals surface area (Å²) in [5.74, 6) is 1.47. The van der Waals surface area contributed by atoms with Crippen LogP contribution in [-0.4, -0.2) is 81.9 Å². The zero-order chi connectivity index (χ0) is 32.6. The Labute approximate surface area is 272 Å². The minimum Gasteiger partial charge on any atom is -0.390 e. The largest absolute Gasteiger partial charge is 0.390 e. The van der Waals surface area contributed by atoms with Crippen molar-refractivity contribution in [2.75, 3.05) is 24.6 Å². The molecule has 5 atom stereocenters. The van der Waals surface area contributed by atoms with Crippen molar-refractivity contribution >= 4 is 23.6 Å². The minimum absolute atomic E-state index is 0.0308. The summed E-state index contributed by atoms with van der Waals surface area (Å²) in [4.78, 5) is 29.3. The lowest BCUT2D eigenvalue weighted by Crippen LogP contribution is -2.52. The van der Waals surface area contributed by atoms with Crippen LogP contribution in [0.3, 0.4) is 0 Å². The van der Waals surface area contributed by atoms with Crippen molar-refractivity contribution in [1.82, 2.24) is 15.5 Å². The molecule has 2 amide bonds. The van der Waals surface area contributed by atoms with E-state index in [1.165, 1.54) is 19.3 Å². The smallest absolute Gasteiger partial charge is 0.224 e. The van der Waals surface area contributed by atoms with Gasteiger partial charge in [-0.3, -0.25) is 14.5 Å². The van der Waals surface area contributed by atoms with Gasteiger partial charge in [-0.05, 0) is 64.4 Å². The summed E-state index contributed by atoms with van der Waals surface area (Å²) >= 11 is 1.81. The highest BCUT2D eigenvalue weighted by molar-refractivity contribution is 7.99. The van der Waals surface area contributed by atoms with E-state index < -0.39 is 24.2 Å². The second-order valence-electron chi connectivity index (χ2n) is 14.1. The van der Waals surface area contributed by atoms with Crippen molar-refractivity contribution < 1.29 is 19.8 Å². The first-order valence-corrected chi connectivity index (χ1v) is 18.4. The predicted octanol–water partition coefficient (Wildman–Crippen LogP) is 5.67. The van der Waals surface area contributed by atoms with Crippen LogP contribution in [0.1, 0.15) is 99.0 Å². The molecule has 0 unspecified atom stereocenters. The van der Waals surface area contributed by atoms with Gasteiger partial charge in [-0.25, -0.2) is 0 Å². The molecule has 4 N–H and O–H groups in total. The average Bonchev–Trinajstić information content (AvgIpc) is 2.98. The normalized spacial score (nSPS) is 17.9. The second-order valence-corrected chi connectivity index (χ2v) is 15.2. The van der Waals surface area contributed by atoms with Gasteiger partial charge < -0.3 is 20.8 Å². The molecule has 2 rings (SSSR count). The lowest BCUT2D eigenvalue weighted by Gasteiger charge is -2.33. The molecule has 1 aliphatic carbocycles. The Bertz CT molecular complexity index is 931. The van der Waals surface area contributed by atoms with Crippen molar-refractivity contribution in [3.8, 4) is 0 Å². The summed E-state index contributed by atoms with van der Waals surface area (Å²) < 4.78 is 0. The lowest BCUT2D eigenvalue weighted by atomic mass is 9.82. The lowest BCUT2D eigenvalue weighted by molar-refractivity contribution is -0.128. The van der Waals surface area contributed by atoms with Gasteiger partial charge in [-0.15, -0.1) is 0 Å². The maximum Gasteiger partial charge on any atom is 0.224 e. The number of carbonyl (C=O) groups excluding carboxylic acids is 2. The molecular formula is C36H63N3O4S. The fraction of sp³-hybridized carbons (Fsp3) is 0.778. The Kier molecular flexibility index (Phi) is 18.0. The first-order chi connectivity index (χ1) is 20.9. The molecule has 7 nitrogen and oxygen atoms in total. The van der Waals surface area contributed by atoms with E-state index in [0.717, 1.165) is 30.7 Å². The molecule has 44 heavy (non-hydrogen) atoms. The van der Waals surface area contributed by atoms with E-state index in [1.54, 1.807) is 0 Å². The Morgan fingerprint density at radius 2 is 1.57 bits per heavy atom. The standard InChI is InChI=1S/C36H63N3O4S/c1-25(2)20-33(40)34(41)32(22-30-16-12-9-13-17-30)38-35(42)28(7)23-37-36(43)31(21-29-14-10-8-11-15-29)24-44-19-18-39(26(3)4)27(5)6/h8,10-11,14-15,25-28,30-34,40-41H,9,12-13,16-24H2,1-7H3,(H,37,43)(H,38,42)/t28-,31-,32+,33+,34-/m1/s1. The summed E-state index contributed by atoms with van der Waals surface area (Å²) in [7, 11) is 0. The molecule has 1 aliphatic rings. The molecule has 1 saturated carbocycles. The van der Waals surface area contributed by atoms with Gasteiger partial charge in [0.15, 0.2) is 0 Å². The van der Waals surface area contributed by atoms with Crippen molar-refractivity contribution in [3.63, 3.8) is 0 Å². The summed E-state index contributed by atoms with van der Waals surface area (Å²) in [5, 5.41) is 27.9. The van der Waals surface area contributed by atoms with E-state index in [0.29, 0.717) is 43.0 Å². The molecule has 1 aromatic rings. The van der Waals surface area contributed by atoms with Crippen LogP contribution in [-0.2, 0) is 16.0 Å². The molecule has 8 heteroatoms. The zero-order valence-electron chi connectivity index (χ0n) is 28.6. The number of thioether (sulfide) groups is 1. The number of carbonyl (C=O) groups is 2. The minimum atomic E-state index is -1.01. The molecule has 0 aliphatic heterocycles. The van der Waals surface area contributed by atoms with Gasteiger partial charge in [0.2, 0.25) is 11.8 Å². The van der Waals surface area contributed by atoms with Crippen LogP contribution < -0.4 is 10.6 Å². The third-order valence-corrected chi connectivity index (χ3v) is 10.1. The summed E-state index contributed by atoms with van der Waals surface area (Å²) in [5.41, 5.74) is 1.13. The quantitative estimate of drug-likeness (QED) is 0.138. The third-order valence-electron chi connectivity index (χ3n) is 9.02. The van der Waals surface area contributed by atoms with Crippen LogP contribution in [0, 0.1) is 23.7 Å². The van der Waals surface area contributed by atoms with Crippen molar-refractivity contribution in [2.24, 2.45) is 23.7 Å². The number of nitrogens with zero attached hydrogens (tertiary/aromatic N) is 1. The summed E-state index contributed by atoms with van der Waals surface area (Å²) in [6, 6.07) is 10.6. The highest BCUT2D eigenvalue weighted by atomic mass is 32.2. The molecule has 0 aromatic heterocycles. The van der Waals surface area contributed by atoms with Crippen LogP contribution in [0.4, 0.5) is 0 Å². The number of aliphatic hydroxyl groups is 2. The average molecular weight is 634 g/mol. The first kappa shape index (κ1) is 38.6. The Morgan fingerprint density at radius 3 is 2.16 bits per heavy atom. The molecule has 1 fully saturated rings. The topological polar surface area (TPSA) is 102 Å². The number of hydrogen-bond acceptors (Lipinski definition) is 6. The van der Waals surface area contributed by atoms with Crippen LogP contribution in [0.15, 0.2) is 30.3 Å². The van der Waals surface area contributed by atoms with Gasteiger partial charge in [0.05, 0.1) is 24.0 Å². The van der Waals surface area contributed by atoms with Gasteiger partial charge in [-0.1, -0.05) is 83.2 Å². The van der Waals surface area contributed by atoms with Gasteiger partial charge in [0.1, 0.15) is 6.10 Å². The number of rotatable bonds is 20. The Morgan fingerprint density at radius 1 is 0.932 bits per heavy atom. The van der Waals surface area contributed by atoms with Gasteiger partial charge >= 0.3 is 0 Å². The molecule has 252 valence electrons.